The first-order valence-electron chi connectivity index (χ1n) is 13.0. The Labute approximate surface area is 231 Å². The Kier molecular flexibility index (Phi) is 9.30. The van der Waals surface area contributed by atoms with Crippen LogP contribution in [0.4, 0.5) is 5.82 Å². The number of nitrogens with zero attached hydrogens (tertiary/aromatic N) is 1. The van der Waals surface area contributed by atoms with Crippen molar-refractivity contribution in [1.82, 2.24) is 4.98 Å². The number of anilines is 1. The van der Waals surface area contributed by atoms with Crippen LogP contribution in [-0.2, 0) is 9.59 Å². The van der Waals surface area contributed by atoms with Gasteiger partial charge in [0.1, 0.15) is 11.6 Å². The summed E-state index contributed by atoms with van der Waals surface area (Å²) in [5.74, 6) is 0.280. The number of aromatic nitrogens is 1. The second-order valence-electron chi connectivity index (χ2n) is 8.78. The molecule has 9 heteroatoms. The highest BCUT2D eigenvalue weighted by Gasteiger charge is 2.15. The van der Waals surface area contributed by atoms with E-state index < -0.39 is 12.6 Å². The summed E-state index contributed by atoms with van der Waals surface area (Å²) < 4.78 is 16.4. The SMILES string of the molecule is CCOc1ccc(C(=O)CCC(=O)Nc2cc(-c3ccc(OCC(=O)O)cc3)c3ccccc3n2)cc1OCC. The number of rotatable bonds is 13. The van der Waals surface area contributed by atoms with Gasteiger partial charge in [-0.3, -0.25) is 9.59 Å². The molecule has 0 bridgehead atoms. The Morgan fingerprint density at radius 1 is 0.825 bits per heavy atom. The summed E-state index contributed by atoms with van der Waals surface area (Å²) in [5, 5.41) is 12.5. The van der Waals surface area contributed by atoms with Crippen molar-refractivity contribution in [2.75, 3.05) is 25.1 Å². The summed E-state index contributed by atoms with van der Waals surface area (Å²) in [7, 11) is 0. The van der Waals surface area contributed by atoms with Crippen LogP contribution in [0.25, 0.3) is 22.0 Å². The number of carbonyl (C=O) groups excluding carboxylic acids is 2. The number of hydrogen-bond donors (Lipinski definition) is 2. The van der Waals surface area contributed by atoms with E-state index in [-0.39, 0.29) is 24.5 Å². The highest BCUT2D eigenvalue weighted by atomic mass is 16.5. The summed E-state index contributed by atoms with van der Waals surface area (Å²) in [5.41, 5.74) is 2.81. The Balaban J connectivity index is 1.47. The van der Waals surface area contributed by atoms with Crippen molar-refractivity contribution in [3.05, 3.63) is 78.4 Å². The molecule has 0 atom stereocenters. The lowest BCUT2D eigenvalue weighted by Crippen LogP contribution is -2.14. The third-order valence-corrected chi connectivity index (χ3v) is 5.96. The Bertz CT molecular complexity index is 1520. The number of hydrogen-bond acceptors (Lipinski definition) is 7. The molecule has 0 fully saturated rings. The fourth-order valence-electron chi connectivity index (χ4n) is 4.16. The van der Waals surface area contributed by atoms with Crippen molar-refractivity contribution in [3.8, 4) is 28.4 Å². The van der Waals surface area contributed by atoms with Crippen LogP contribution in [0.2, 0.25) is 0 Å². The number of ketones is 1. The van der Waals surface area contributed by atoms with Gasteiger partial charge in [0.05, 0.1) is 18.7 Å². The zero-order valence-corrected chi connectivity index (χ0v) is 22.3. The molecule has 0 spiro atoms. The van der Waals surface area contributed by atoms with Gasteiger partial charge in [0.15, 0.2) is 23.9 Å². The summed E-state index contributed by atoms with van der Waals surface area (Å²) in [4.78, 5) is 41.0. The fraction of sp³-hybridized carbons (Fsp3) is 0.226. The van der Waals surface area contributed by atoms with Gasteiger partial charge in [-0.05, 0) is 67.4 Å². The number of carboxylic acids is 1. The standard InChI is InChI=1S/C31H30N2O7/c1-3-38-27-15-11-21(17-28(27)39-4-2)26(34)14-16-30(35)33-29-18-24(23-7-5-6-8-25(23)32-29)20-9-12-22(13-10-20)40-19-31(36)37/h5-13,15,17-18H,3-4,14,16,19H2,1-2H3,(H,36,37)(H,32,33,35). The van der Waals surface area contributed by atoms with Crippen molar-refractivity contribution in [2.24, 2.45) is 0 Å². The van der Waals surface area contributed by atoms with Gasteiger partial charge in [-0.2, -0.15) is 0 Å². The van der Waals surface area contributed by atoms with Crippen LogP contribution in [0.5, 0.6) is 17.2 Å². The molecular formula is C31H30N2O7. The molecule has 2 N–H and O–H groups in total. The van der Waals surface area contributed by atoms with E-state index in [0.29, 0.717) is 47.4 Å². The molecule has 0 unspecified atom stereocenters. The van der Waals surface area contributed by atoms with Crippen LogP contribution in [0, 0.1) is 0 Å². The topological polar surface area (TPSA) is 124 Å². The molecule has 0 radical (unpaired) electrons. The van der Waals surface area contributed by atoms with Crippen LogP contribution >= 0.6 is 0 Å². The number of Topliss-reactive ketones (excluding diaryl/α,β-unsaturated/α-hetero) is 1. The first-order chi connectivity index (χ1) is 19.4. The number of amides is 1. The van der Waals surface area contributed by atoms with Crippen molar-refractivity contribution < 1.29 is 33.7 Å². The molecule has 206 valence electrons. The molecule has 1 amide bonds. The minimum Gasteiger partial charge on any atom is -0.490 e. The van der Waals surface area contributed by atoms with E-state index in [1.54, 1.807) is 36.4 Å². The molecule has 0 saturated heterocycles. The largest absolute Gasteiger partial charge is 0.490 e. The maximum Gasteiger partial charge on any atom is 0.341 e. The molecule has 1 aromatic heterocycles. The van der Waals surface area contributed by atoms with E-state index >= 15 is 0 Å². The molecular weight excluding hydrogens is 512 g/mol. The lowest BCUT2D eigenvalue weighted by atomic mass is 10.0. The predicted molar refractivity (Wildman–Crippen MR) is 151 cm³/mol. The Hall–Kier alpha value is -4.92. The average molecular weight is 543 g/mol. The van der Waals surface area contributed by atoms with Gasteiger partial charge >= 0.3 is 5.97 Å². The van der Waals surface area contributed by atoms with Crippen LogP contribution in [-0.4, -0.2) is 47.6 Å². The number of carboxylic acid groups (broad SMARTS) is 1. The molecule has 0 aliphatic carbocycles. The van der Waals surface area contributed by atoms with E-state index in [1.807, 2.05) is 50.2 Å². The molecule has 0 saturated carbocycles. The third-order valence-electron chi connectivity index (χ3n) is 5.96. The molecule has 40 heavy (non-hydrogen) atoms. The van der Waals surface area contributed by atoms with Crippen molar-refractivity contribution >= 4 is 34.4 Å². The fourth-order valence-corrected chi connectivity index (χ4v) is 4.16. The number of carbonyl (C=O) groups is 3. The van der Waals surface area contributed by atoms with E-state index in [9.17, 15) is 14.4 Å². The zero-order valence-electron chi connectivity index (χ0n) is 22.3. The second kappa shape index (κ2) is 13.2. The number of benzene rings is 3. The highest BCUT2D eigenvalue weighted by molar-refractivity contribution is 6.02. The number of ether oxygens (including phenoxy) is 3. The predicted octanol–water partition coefficient (Wildman–Crippen LogP) is 5.76. The van der Waals surface area contributed by atoms with E-state index in [4.69, 9.17) is 19.3 Å². The maximum absolute atomic E-state index is 12.8. The zero-order chi connectivity index (χ0) is 28.5. The second-order valence-corrected chi connectivity index (χ2v) is 8.78. The van der Waals surface area contributed by atoms with Crippen LogP contribution in [0.1, 0.15) is 37.0 Å². The Morgan fingerprint density at radius 3 is 2.27 bits per heavy atom. The number of nitrogens with one attached hydrogen (secondary N) is 1. The first-order valence-corrected chi connectivity index (χ1v) is 13.0. The lowest BCUT2D eigenvalue weighted by Gasteiger charge is -2.13. The number of fused-ring (bicyclic) bond motifs is 1. The summed E-state index contributed by atoms with van der Waals surface area (Å²) in [6.45, 7) is 4.21. The van der Waals surface area contributed by atoms with E-state index in [0.717, 1.165) is 16.5 Å². The van der Waals surface area contributed by atoms with Gasteiger partial charge in [0.2, 0.25) is 5.91 Å². The normalized spacial score (nSPS) is 10.7. The monoisotopic (exact) mass is 542 g/mol. The molecule has 4 aromatic rings. The van der Waals surface area contributed by atoms with Gasteiger partial charge in [0.25, 0.3) is 0 Å². The quantitative estimate of drug-likeness (QED) is 0.204. The molecule has 1 heterocycles. The Morgan fingerprint density at radius 2 is 1.55 bits per heavy atom. The maximum atomic E-state index is 12.8. The summed E-state index contributed by atoms with van der Waals surface area (Å²) in [6.07, 6.45) is -0.000903. The van der Waals surface area contributed by atoms with Crippen molar-refractivity contribution in [1.29, 1.82) is 0 Å². The molecule has 3 aromatic carbocycles. The molecule has 9 nitrogen and oxygen atoms in total. The molecule has 0 aliphatic rings. The van der Waals surface area contributed by atoms with Gasteiger partial charge in [0, 0.05) is 23.8 Å². The van der Waals surface area contributed by atoms with Crippen molar-refractivity contribution in [3.63, 3.8) is 0 Å². The van der Waals surface area contributed by atoms with Gasteiger partial charge in [-0.25, -0.2) is 9.78 Å². The summed E-state index contributed by atoms with van der Waals surface area (Å²) in [6, 6.07) is 21.3. The minimum absolute atomic E-state index is 0.0175. The van der Waals surface area contributed by atoms with Crippen LogP contribution < -0.4 is 19.5 Å². The third kappa shape index (κ3) is 7.13. The number of pyridine rings is 1. The van der Waals surface area contributed by atoms with Crippen molar-refractivity contribution in [2.45, 2.75) is 26.7 Å². The number of para-hydroxylation sites is 1. The molecule has 0 aliphatic heterocycles. The highest BCUT2D eigenvalue weighted by Crippen LogP contribution is 2.32. The smallest absolute Gasteiger partial charge is 0.341 e. The number of aliphatic carboxylic acids is 1. The molecule has 4 rings (SSSR count). The van der Waals surface area contributed by atoms with Gasteiger partial charge in [-0.15, -0.1) is 0 Å². The van der Waals surface area contributed by atoms with E-state index in [2.05, 4.69) is 10.3 Å². The van der Waals surface area contributed by atoms with E-state index in [1.165, 1.54) is 0 Å². The first kappa shape index (κ1) is 28.1. The lowest BCUT2D eigenvalue weighted by molar-refractivity contribution is -0.139. The van der Waals surface area contributed by atoms with Gasteiger partial charge in [-0.1, -0.05) is 30.3 Å². The minimum atomic E-state index is -1.05. The summed E-state index contributed by atoms with van der Waals surface area (Å²) >= 11 is 0. The van der Waals surface area contributed by atoms with Gasteiger partial charge < -0.3 is 24.6 Å². The van der Waals surface area contributed by atoms with Crippen LogP contribution in [0.15, 0.2) is 72.8 Å². The van der Waals surface area contributed by atoms with Crippen LogP contribution in [0.3, 0.4) is 0 Å². The average Bonchev–Trinajstić information content (AvgIpc) is 2.96.